The zero-order chi connectivity index (χ0) is 10.2. The van der Waals surface area contributed by atoms with Gasteiger partial charge in [-0.1, -0.05) is 17.7 Å². The number of carboxylic acids is 1. The van der Waals surface area contributed by atoms with E-state index in [0.29, 0.717) is 5.57 Å². The third-order valence-electron chi connectivity index (χ3n) is 2.06. The summed E-state index contributed by atoms with van der Waals surface area (Å²) in [6.45, 7) is 1.59. The van der Waals surface area contributed by atoms with E-state index in [4.69, 9.17) is 22.4 Å². The molecule has 13 heavy (non-hydrogen) atoms. The average molecular weight is 204 g/mol. The van der Waals surface area contributed by atoms with E-state index in [1.165, 1.54) is 12.2 Å². The molecule has 0 amide bonds. The van der Waals surface area contributed by atoms with Crippen molar-refractivity contribution in [2.24, 2.45) is 5.73 Å². The second kappa shape index (κ2) is 3.14. The monoisotopic (exact) mass is 203 g/mol. The van der Waals surface area contributed by atoms with Crippen LogP contribution >= 0.6 is 11.6 Å². The standard InChI is InChI=1S/C8H10ClNO3/c1-4-2-3-5(7(11)12)6(10)8(4,9)13/h2-3,6,13H,10H2,1H3,(H,11,12). The number of nitrogens with two attached hydrogens (primary N) is 1. The van der Waals surface area contributed by atoms with Gasteiger partial charge in [-0.15, -0.1) is 0 Å². The number of hydrogen-bond donors (Lipinski definition) is 3. The van der Waals surface area contributed by atoms with Gasteiger partial charge in [-0.05, 0) is 18.6 Å². The molecule has 0 aromatic rings. The Balaban J connectivity index is 3.12. The predicted octanol–water partition coefficient (Wildman–Crippen LogP) is 0.212. The fraction of sp³-hybridized carbons (Fsp3) is 0.375. The first-order valence-electron chi connectivity index (χ1n) is 3.66. The van der Waals surface area contributed by atoms with Gasteiger partial charge in [0.2, 0.25) is 0 Å². The van der Waals surface area contributed by atoms with E-state index in [-0.39, 0.29) is 5.57 Å². The molecule has 1 aliphatic rings. The van der Waals surface area contributed by atoms with Crippen molar-refractivity contribution in [2.75, 3.05) is 0 Å². The molecular weight excluding hydrogens is 194 g/mol. The maximum atomic E-state index is 10.6. The summed E-state index contributed by atoms with van der Waals surface area (Å²) in [5.74, 6) is -1.17. The van der Waals surface area contributed by atoms with Crippen LogP contribution in [0.2, 0.25) is 0 Å². The second-order valence-corrected chi connectivity index (χ2v) is 3.50. The van der Waals surface area contributed by atoms with Crippen LogP contribution in [0.15, 0.2) is 23.3 Å². The number of alkyl halides is 1. The molecule has 0 heterocycles. The SMILES string of the molecule is CC1=CC=C(C(=O)O)C(N)C1(O)Cl. The molecule has 0 bridgehead atoms. The van der Waals surface area contributed by atoms with E-state index < -0.39 is 17.1 Å². The minimum Gasteiger partial charge on any atom is -0.478 e. The Morgan fingerprint density at radius 1 is 1.69 bits per heavy atom. The second-order valence-electron chi connectivity index (χ2n) is 2.93. The number of hydrogen-bond acceptors (Lipinski definition) is 3. The van der Waals surface area contributed by atoms with Crippen LogP contribution in [0.5, 0.6) is 0 Å². The predicted molar refractivity (Wildman–Crippen MR) is 48.3 cm³/mol. The van der Waals surface area contributed by atoms with Crippen LogP contribution in [-0.4, -0.2) is 27.3 Å². The van der Waals surface area contributed by atoms with Crippen molar-refractivity contribution in [1.29, 1.82) is 0 Å². The molecule has 1 aliphatic carbocycles. The maximum absolute atomic E-state index is 10.6. The molecular formula is C8H10ClNO3. The number of aliphatic hydroxyl groups is 1. The van der Waals surface area contributed by atoms with Crippen LogP contribution < -0.4 is 5.73 Å². The molecule has 0 radical (unpaired) electrons. The number of rotatable bonds is 1. The Bertz CT molecular complexity index is 307. The summed E-state index contributed by atoms with van der Waals surface area (Å²) in [7, 11) is 0. The van der Waals surface area contributed by atoms with Crippen molar-refractivity contribution in [1.82, 2.24) is 0 Å². The Hall–Kier alpha value is -0.840. The zero-order valence-electron chi connectivity index (χ0n) is 6.99. The van der Waals surface area contributed by atoms with Gasteiger partial charge in [0.1, 0.15) is 0 Å². The normalized spacial score (nSPS) is 33.7. The molecule has 0 saturated carbocycles. The molecule has 2 unspecified atom stereocenters. The molecule has 4 N–H and O–H groups in total. The van der Waals surface area contributed by atoms with Crippen molar-refractivity contribution in [2.45, 2.75) is 18.0 Å². The Kier molecular flexibility index (Phi) is 2.47. The van der Waals surface area contributed by atoms with Gasteiger partial charge in [-0.25, -0.2) is 4.79 Å². The van der Waals surface area contributed by atoms with Gasteiger partial charge in [0.05, 0.1) is 11.6 Å². The van der Waals surface area contributed by atoms with E-state index >= 15 is 0 Å². The number of halogens is 1. The highest BCUT2D eigenvalue weighted by atomic mass is 35.5. The lowest BCUT2D eigenvalue weighted by Gasteiger charge is -2.31. The van der Waals surface area contributed by atoms with Crippen LogP contribution in [0, 0.1) is 0 Å². The van der Waals surface area contributed by atoms with Gasteiger partial charge in [0, 0.05) is 0 Å². The highest BCUT2D eigenvalue weighted by Gasteiger charge is 2.40. The highest BCUT2D eigenvalue weighted by Crippen LogP contribution is 2.31. The van der Waals surface area contributed by atoms with Gasteiger partial charge in [0.25, 0.3) is 0 Å². The Morgan fingerprint density at radius 2 is 2.23 bits per heavy atom. The fourth-order valence-electron chi connectivity index (χ4n) is 1.09. The molecule has 0 aromatic carbocycles. The van der Waals surface area contributed by atoms with Gasteiger partial charge in [-0.2, -0.15) is 0 Å². The van der Waals surface area contributed by atoms with Gasteiger partial charge in [0.15, 0.2) is 5.06 Å². The summed E-state index contributed by atoms with van der Waals surface area (Å²) < 4.78 is 0. The summed E-state index contributed by atoms with van der Waals surface area (Å²) >= 11 is 5.67. The van der Waals surface area contributed by atoms with Crippen LogP contribution in [0.1, 0.15) is 6.92 Å². The molecule has 0 fully saturated rings. The smallest absolute Gasteiger partial charge is 0.333 e. The van der Waals surface area contributed by atoms with Gasteiger partial charge < -0.3 is 15.9 Å². The van der Waals surface area contributed by atoms with E-state index in [2.05, 4.69) is 0 Å². The number of carbonyl (C=O) groups is 1. The van der Waals surface area contributed by atoms with Crippen molar-refractivity contribution >= 4 is 17.6 Å². The quantitative estimate of drug-likeness (QED) is 0.532. The summed E-state index contributed by atoms with van der Waals surface area (Å²) in [6, 6.07) is -1.10. The fourth-order valence-corrected chi connectivity index (χ4v) is 1.27. The van der Waals surface area contributed by atoms with Crippen molar-refractivity contribution in [3.63, 3.8) is 0 Å². The van der Waals surface area contributed by atoms with E-state index in [0.717, 1.165) is 0 Å². The van der Waals surface area contributed by atoms with Crippen molar-refractivity contribution < 1.29 is 15.0 Å². The number of carboxylic acid groups (broad SMARTS) is 1. The van der Waals surface area contributed by atoms with E-state index in [1.807, 2.05) is 0 Å². The van der Waals surface area contributed by atoms with E-state index in [9.17, 15) is 9.90 Å². The van der Waals surface area contributed by atoms with Gasteiger partial charge in [-0.3, -0.25) is 0 Å². The number of allylic oxidation sites excluding steroid dienone is 2. The molecule has 2 atom stereocenters. The largest absolute Gasteiger partial charge is 0.478 e. The molecule has 5 heteroatoms. The van der Waals surface area contributed by atoms with Crippen LogP contribution in [0.25, 0.3) is 0 Å². The summed E-state index contributed by atoms with van der Waals surface area (Å²) in [4.78, 5) is 10.6. The average Bonchev–Trinajstić information content (AvgIpc) is 2.01. The van der Waals surface area contributed by atoms with Crippen LogP contribution in [0.3, 0.4) is 0 Å². The molecule has 72 valence electrons. The minimum atomic E-state index is -1.79. The van der Waals surface area contributed by atoms with Crippen LogP contribution in [0.4, 0.5) is 0 Å². The zero-order valence-corrected chi connectivity index (χ0v) is 7.75. The molecule has 0 aliphatic heterocycles. The summed E-state index contributed by atoms with van der Waals surface area (Å²) in [6.07, 6.45) is 2.79. The minimum absolute atomic E-state index is 0.0944. The molecule has 1 rings (SSSR count). The van der Waals surface area contributed by atoms with Crippen molar-refractivity contribution in [3.8, 4) is 0 Å². The topological polar surface area (TPSA) is 83.5 Å². The maximum Gasteiger partial charge on any atom is 0.333 e. The van der Waals surface area contributed by atoms with Crippen molar-refractivity contribution in [3.05, 3.63) is 23.3 Å². The molecule has 0 aromatic heterocycles. The summed E-state index contributed by atoms with van der Waals surface area (Å²) in [5, 5.41) is 16.5. The Morgan fingerprint density at radius 3 is 2.69 bits per heavy atom. The first-order valence-corrected chi connectivity index (χ1v) is 4.04. The first kappa shape index (κ1) is 10.2. The lowest BCUT2D eigenvalue weighted by molar-refractivity contribution is -0.133. The third-order valence-corrected chi connectivity index (χ3v) is 2.59. The third kappa shape index (κ3) is 1.60. The number of aliphatic carboxylic acids is 1. The highest BCUT2D eigenvalue weighted by molar-refractivity contribution is 6.26. The Labute approximate surface area is 80.3 Å². The van der Waals surface area contributed by atoms with E-state index in [1.54, 1.807) is 6.92 Å². The first-order chi connectivity index (χ1) is 5.87. The molecule has 0 spiro atoms. The van der Waals surface area contributed by atoms with Crippen LogP contribution in [-0.2, 0) is 4.79 Å². The van der Waals surface area contributed by atoms with Gasteiger partial charge >= 0.3 is 5.97 Å². The molecule has 4 nitrogen and oxygen atoms in total. The molecule has 0 saturated heterocycles. The summed E-state index contributed by atoms with van der Waals surface area (Å²) in [5.41, 5.74) is 5.82. The lowest BCUT2D eigenvalue weighted by atomic mass is 9.91. The lowest BCUT2D eigenvalue weighted by Crippen LogP contribution is -2.48.